The fourth-order valence-corrected chi connectivity index (χ4v) is 4.39. The van der Waals surface area contributed by atoms with Crippen molar-refractivity contribution in [2.24, 2.45) is 17.8 Å². The van der Waals surface area contributed by atoms with Gasteiger partial charge in [-0.25, -0.2) is 19.8 Å². The lowest BCUT2D eigenvalue weighted by atomic mass is 10.2. The van der Waals surface area contributed by atoms with Crippen LogP contribution in [0.5, 0.6) is 0 Å². The van der Waals surface area contributed by atoms with Gasteiger partial charge in [0.15, 0.2) is 0 Å². The number of halogens is 1. The van der Waals surface area contributed by atoms with E-state index in [4.69, 9.17) is 5.21 Å². The van der Waals surface area contributed by atoms with E-state index in [0.29, 0.717) is 30.2 Å². The van der Waals surface area contributed by atoms with Crippen molar-refractivity contribution in [3.8, 4) is 0 Å². The van der Waals surface area contributed by atoms with E-state index < -0.39 is 5.91 Å². The summed E-state index contributed by atoms with van der Waals surface area (Å²) in [6.07, 6.45) is 2.84. The number of carbonyl (C=O) groups excluding carboxylic acids is 1. The molecule has 0 bridgehead atoms. The maximum absolute atomic E-state index is 13.3. The molecule has 5 rings (SSSR count). The number of amides is 1. The molecule has 3 aromatic rings. The molecule has 30 heavy (non-hydrogen) atoms. The molecule has 8 nitrogen and oxygen atoms in total. The molecule has 2 unspecified atom stereocenters. The third-order valence-electron chi connectivity index (χ3n) is 6.05. The minimum absolute atomic E-state index is 0.222. The van der Waals surface area contributed by atoms with Gasteiger partial charge in [-0.1, -0.05) is 6.07 Å². The van der Waals surface area contributed by atoms with Crippen molar-refractivity contribution in [2.45, 2.75) is 6.54 Å². The maximum Gasteiger partial charge on any atom is 0.277 e. The van der Waals surface area contributed by atoms with Gasteiger partial charge in [0.05, 0.1) is 16.8 Å². The molecule has 1 saturated heterocycles. The Morgan fingerprint density at radius 2 is 1.93 bits per heavy atom. The number of carbonyl (C=O) groups is 1. The van der Waals surface area contributed by atoms with Crippen LogP contribution in [-0.4, -0.2) is 45.7 Å². The summed E-state index contributed by atoms with van der Waals surface area (Å²) >= 11 is 0. The number of hydrogen-bond acceptors (Lipinski definition) is 7. The maximum atomic E-state index is 13.3. The second-order valence-electron chi connectivity index (χ2n) is 7.88. The SMILES string of the molecule is O=C(NO)c1cnc(N2CC3C(CNCc4ccc5cc(F)ccc5n4)C3C2)nc1. The van der Waals surface area contributed by atoms with E-state index in [0.717, 1.165) is 36.2 Å². The zero-order valence-corrected chi connectivity index (χ0v) is 16.1. The predicted octanol–water partition coefficient (Wildman–Crippen LogP) is 1.75. The molecule has 9 heteroatoms. The van der Waals surface area contributed by atoms with E-state index in [9.17, 15) is 9.18 Å². The molecule has 2 fully saturated rings. The van der Waals surface area contributed by atoms with E-state index in [1.165, 1.54) is 24.5 Å². The number of anilines is 1. The zero-order chi connectivity index (χ0) is 20.7. The molecule has 0 spiro atoms. The Morgan fingerprint density at radius 3 is 2.67 bits per heavy atom. The second kappa shape index (κ2) is 7.58. The van der Waals surface area contributed by atoms with Crippen molar-refractivity contribution in [1.82, 2.24) is 25.7 Å². The van der Waals surface area contributed by atoms with Crippen LogP contribution >= 0.6 is 0 Å². The lowest BCUT2D eigenvalue weighted by Gasteiger charge is -2.19. The number of rotatable bonds is 6. The van der Waals surface area contributed by atoms with Crippen LogP contribution in [0.25, 0.3) is 10.9 Å². The van der Waals surface area contributed by atoms with Crippen LogP contribution in [0, 0.1) is 23.6 Å². The van der Waals surface area contributed by atoms with Crippen molar-refractivity contribution in [3.63, 3.8) is 0 Å². The van der Waals surface area contributed by atoms with Gasteiger partial charge < -0.3 is 10.2 Å². The number of fused-ring (bicyclic) bond motifs is 2. The number of benzene rings is 1. The summed E-state index contributed by atoms with van der Waals surface area (Å²) < 4.78 is 13.3. The first-order valence-corrected chi connectivity index (χ1v) is 9.90. The lowest BCUT2D eigenvalue weighted by molar-refractivity contribution is 0.0705. The molecule has 3 heterocycles. The van der Waals surface area contributed by atoms with Gasteiger partial charge in [-0.3, -0.25) is 15.0 Å². The quantitative estimate of drug-likeness (QED) is 0.422. The standard InChI is InChI=1S/C21H21FN6O2/c22-14-2-4-19-12(5-14)1-3-15(26-19)8-23-9-16-17-10-28(11-18(16)17)21-24-6-13(7-25-21)20(29)27-30/h1-7,16-18,23,30H,8-11H2,(H,27,29). The number of piperidine rings is 1. The molecule has 1 amide bonds. The summed E-state index contributed by atoms with van der Waals surface area (Å²) in [5, 5.41) is 13.0. The van der Waals surface area contributed by atoms with Crippen molar-refractivity contribution in [1.29, 1.82) is 0 Å². The van der Waals surface area contributed by atoms with Gasteiger partial charge in [0.25, 0.3) is 5.91 Å². The summed E-state index contributed by atoms with van der Waals surface area (Å²) in [5.74, 6) is 1.62. The Morgan fingerprint density at radius 1 is 1.17 bits per heavy atom. The largest absolute Gasteiger partial charge is 0.340 e. The number of aromatic nitrogens is 3. The van der Waals surface area contributed by atoms with Crippen molar-refractivity contribution < 1.29 is 14.4 Å². The highest BCUT2D eigenvalue weighted by molar-refractivity contribution is 5.92. The van der Waals surface area contributed by atoms with Crippen molar-refractivity contribution >= 4 is 22.8 Å². The summed E-state index contributed by atoms with van der Waals surface area (Å²) in [6, 6.07) is 8.47. The third-order valence-corrected chi connectivity index (χ3v) is 6.05. The molecule has 0 radical (unpaired) electrons. The first-order chi connectivity index (χ1) is 14.6. The highest BCUT2D eigenvalue weighted by Gasteiger charge is 2.55. The van der Waals surface area contributed by atoms with Crippen LogP contribution in [0.1, 0.15) is 16.1 Å². The van der Waals surface area contributed by atoms with Gasteiger partial charge in [0, 0.05) is 37.4 Å². The van der Waals surface area contributed by atoms with Crippen LogP contribution in [0.15, 0.2) is 42.7 Å². The number of pyridine rings is 1. The molecule has 1 saturated carbocycles. The van der Waals surface area contributed by atoms with Crippen LogP contribution in [0.3, 0.4) is 0 Å². The Labute approximate surface area is 172 Å². The van der Waals surface area contributed by atoms with Crippen LogP contribution in [0.4, 0.5) is 10.3 Å². The molecule has 2 aromatic heterocycles. The normalized spacial score (nSPS) is 22.2. The van der Waals surface area contributed by atoms with Crippen molar-refractivity contribution in [3.05, 3.63) is 59.8 Å². The fourth-order valence-electron chi connectivity index (χ4n) is 4.39. The van der Waals surface area contributed by atoms with Gasteiger partial charge in [0.1, 0.15) is 5.82 Å². The predicted molar refractivity (Wildman–Crippen MR) is 107 cm³/mol. The van der Waals surface area contributed by atoms with Gasteiger partial charge >= 0.3 is 0 Å². The minimum Gasteiger partial charge on any atom is -0.340 e. The molecule has 1 aliphatic heterocycles. The number of nitrogens with zero attached hydrogens (tertiary/aromatic N) is 4. The molecular weight excluding hydrogens is 387 g/mol. The Hall–Kier alpha value is -3.17. The van der Waals surface area contributed by atoms with E-state index in [2.05, 4.69) is 25.2 Å². The Balaban J connectivity index is 1.11. The number of hydrogen-bond donors (Lipinski definition) is 3. The summed E-state index contributed by atoms with van der Waals surface area (Å²) in [6.45, 7) is 3.43. The smallest absolute Gasteiger partial charge is 0.277 e. The topological polar surface area (TPSA) is 103 Å². The summed E-state index contributed by atoms with van der Waals surface area (Å²) in [7, 11) is 0. The number of nitrogens with one attached hydrogen (secondary N) is 2. The summed E-state index contributed by atoms with van der Waals surface area (Å²) in [4.78, 5) is 26.5. The molecule has 2 aliphatic rings. The van der Waals surface area contributed by atoms with Gasteiger partial charge in [0.2, 0.25) is 5.95 Å². The van der Waals surface area contributed by atoms with Crippen LogP contribution in [0.2, 0.25) is 0 Å². The van der Waals surface area contributed by atoms with Gasteiger partial charge in [-0.2, -0.15) is 0 Å². The second-order valence-corrected chi connectivity index (χ2v) is 7.88. The third kappa shape index (κ3) is 3.57. The number of hydroxylamine groups is 1. The molecule has 2 atom stereocenters. The molecular formula is C21H21FN6O2. The highest BCUT2D eigenvalue weighted by atomic mass is 19.1. The van der Waals surface area contributed by atoms with E-state index >= 15 is 0 Å². The first kappa shape index (κ1) is 18.8. The van der Waals surface area contributed by atoms with Crippen molar-refractivity contribution in [2.75, 3.05) is 24.5 Å². The Bertz CT molecular complexity index is 1080. The molecule has 1 aliphatic carbocycles. The zero-order valence-electron chi connectivity index (χ0n) is 16.1. The average Bonchev–Trinajstić information content (AvgIpc) is 3.21. The highest BCUT2D eigenvalue weighted by Crippen LogP contribution is 2.51. The average molecular weight is 408 g/mol. The Kier molecular flexibility index (Phi) is 4.76. The van der Waals surface area contributed by atoms with E-state index in [1.54, 1.807) is 11.5 Å². The minimum atomic E-state index is -0.620. The fraction of sp³-hybridized carbons (Fsp3) is 0.333. The lowest BCUT2D eigenvalue weighted by Crippen LogP contribution is -2.29. The first-order valence-electron chi connectivity index (χ1n) is 9.90. The van der Waals surface area contributed by atoms with Gasteiger partial charge in [-0.15, -0.1) is 0 Å². The summed E-state index contributed by atoms with van der Waals surface area (Å²) in [5.41, 5.74) is 3.54. The van der Waals surface area contributed by atoms with Gasteiger partial charge in [-0.05, 0) is 48.6 Å². The van der Waals surface area contributed by atoms with E-state index in [1.807, 2.05) is 12.1 Å². The van der Waals surface area contributed by atoms with Crippen LogP contribution in [-0.2, 0) is 6.54 Å². The van der Waals surface area contributed by atoms with Crippen LogP contribution < -0.4 is 15.7 Å². The molecule has 3 N–H and O–H groups in total. The monoisotopic (exact) mass is 408 g/mol. The van der Waals surface area contributed by atoms with E-state index in [-0.39, 0.29) is 11.4 Å². The molecule has 1 aromatic carbocycles. The molecule has 154 valence electrons.